The van der Waals surface area contributed by atoms with Crippen LogP contribution in [0.25, 0.3) is 0 Å². The molecule has 3 aromatic rings. The molecule has 0 saturated heterocycles. The van der Waals surface area contributed by atoms with Crippen LogP contribution in [0.1, 0.15) is 23.1 Å². The number of aromatic nitrogens is 4. The van der Waals surface area contributed by atoms with E-state index in [0.717, 1.165) is 21.9 Å². The Morgan fingerprint density at radius 2 is 1.83 bits per heavy atom. The van der Waals surface area contributed by atoms with Crippen LogP contribution in [0.2, 0.25) is 5.02 Å². The Morgan fingerprint density at radius 3 is 2.46 bits per heavy atom. The van der Waals surface area contributed by atoms with Crippen LogP contribution in [0.5, 0.6) is 5.75 Å². The highest BCUT2D eigenvalue weighted by Crippen LogP contribution is 2.23. The molecular weight excluding hydrogens is 328 g/mol. The third-order valence-corrected chi connectivity index (χ3v) is 3.86. The van der Waals surface area contributed by atoms with Gasteiger partial charge in [-0.1, -0.05) is 41.1 Å². The van der Waals surface area contributed by atoms with Crippen molar-refractivity contribution in [1.82, 2.24) is 20.6 Å². The van der Waals surface area contributed by atoms with Gasteiger partial charge in [-0.2, -0.15) is 5.21 Å². The van der Waals surface area contributed by atoms with E-state index >= 15 is 0 Å². The number of halogens is 1. The Bertz CT molecular complexity index is 745. The van der Waals surface area contributed by atoms with Gasteiger partial charge in [-0.25, -0.2) is 0 Å². The van der Waals surface area contributed by atoms with Crippen LogP contribution < -0.4 is 4.74 Å². The van der Waals surface area contributed by atoms with Gasteiger partial charge in [0.2, 0.25) is 0 Å². The summed E-state index contributed by atoms with van der Waals surface area (Å²) in [6.45, 7) is 0.493. The van der Waals surface area contributed by atoms with Crippen molar-refractivity contribution in [2.75, 3.05) is 7.11 Å². The third kappa shape index (κ3) is 4.31. The molecule has 6 nitrogen and oxygen atoms in total. The van der Waals surface area contributed by atoms with Crippen molar-refractivity contribution in [1.29, 1.82) is 0 Å². The Balaban J connectivity index is 1.60. The van der Waals surface area contributed by atoms with Crippen molar-refractivity contribution >= 4 is 11.6 Å². The normalized spacial score (nSPS) is 12.1. The molecule has 0 aliphatic rings. The Labute approximate surface area is 144 Å². The number of nitrogens with zero attached hydrogens (tertiary/aromatic N) is 3. The minimum atomic E-state index is -0.132. The summed E-state index contributed by atoms with van der Waals surface area (Å²) < 4.78 is 11.3. The van der Waals surface area contributed by atoms with E-state index in [9.17, 15) is 0 Å². The van der Waals surface area contributed by atoms with Crippen molar-refractivity contribution in [2.24, 2.45) is 0 Å². The lowest BCUT2D eigenvalue weighted by Gasteiger charge is -2.14. The fourth-order valence-electron chi connectivity index (χ4n) is 2.30. The maximum absolute atomic E-state index is 5.87. The third-order valence-electron chi connectivity index (χ3n) is 3.61. The van der Waals surface area contributed by atoms with E-state index in [2.05, 4.69) is 20.6 Å². The van der Waals surface area contributed by atoms with Crippen LogP contribution in [-0.2, 0) is 17.8 Å². The molecule has 0 amide bonds. The number of rotatable bonds is 7. The lowest BCUT2D eigenvalue weighted by Crippen LogP contribution is -2.07. The standard InChI is InChI=1S/C17H17ClN4O2/c1-23-16(10-17-19-21-22-20-17)13-4-8-15(9-5-13)24-11-12-2-6-14(18)7-3-12/h2-9,16H,10-11H2,1H3,(H,19,20,21,22). The number of hydrogen-bond acceptors (Lipinski definition) is 5. The molecule has 7 heteroatoms. The first kappa shape index (κ1) is 16.4. The second-order valence-electron chi connectivity index (χ2n) is 5.24. The van der Waals surface area contributed by atoms with Crippen molar-refractivity contribution < 1.29 is 9.47 Å². The maximum atomic E-state index is 5.87. The van der Waals surface area contributed by atoms with E-state index in [4.69, 9.17) is 21.1 Å². The van der Waals surface area contributed by atoms with Gasteiger partial charge >= 0.3 is 0 Å². The average Bonchev–Trinajstić information content (AvgIpc) is 3.13. The van der Waals surface area contributed by atoms with Gasteiger partial charge in [-0.15, -0.1) is 10.2 Å². The second-order valence-corrected chi connectivity index (χ2v) is 5.68. The average molecular weight is 345 g/mol. The van der Waals surface area contributed by atoms with Crippen molar-refractivity contribution in [3.63, 3.8) is 0 Å². The lowest BCUT2D eigenvalue weighted by molar-refractivity contribution is 0.102. The molecule has 0 spiro atoms. The van der Waals surface area contributed by atoms with Gasteiger partial charge < -0.3 is 9.47 Å². The second kappa shape index (κ2) is 7.90. The first-order valence-corrected chi connectivity index (χ1v) is 7.84. The largest absolute Gasteiger partial charge is 0.489 e. The monoisotopic (exact) mass is 344 g/mol. The Kier molecular flexibility index (Phi) is 5.40. The lowest BCUT2D eigenvalue weighted by atomic mass is 10.1. The molecule has 0 saturated carbocycles. The van der Waals surface area contributed by atoms with Gasteiger partial charge in [-0.3, -0.25) is 0 Å². The van der Waals surface area contributed by atoms with Crippen molar-refractivity contribution in [3.05, 3.63) is 70.5 Å². The van der Waals surface area contributed by atoms with Crippen molar-refractivity contribution in [2.45, 2.75) is 19.1 Å². The van der Waals surface area contributed by atoms with Crippen LogP contribution in [-0.4, -0.2) is 27.7 Å². The summed E-state index contributed by atoms with van der Waals surface area (Å²) in [6, 6.07) is 15.4. The molecule has 0 bridgehead atoms. The van der Waals surface area contributed by atoms with E-state index in [-0.39, 0.29) is 6.10 Å². The van der Waals surface area contributed by atoms with E-state index in [1.54, 1.807) is 7.11 Å². The van der Waals surface area contributed by atoms with Gasteiger partial charge in [-0.05, 0) is 35.4 Å². The van der Waals surface area contributed by atoms with Gasteiger partial charge in [0.05, 0.1) is 6.10 Å². The molecule has 0 aliphatic heterocycles. The highest BCUT2D eigenvalue weighted by molar-refractivity contribution is 6.30. The first-order chi connectivity index (χ1) is 11.7. The molecule has 0 aliphatic carbocycles. The summed E-state index contributed by atoms with van der Waals surface area (Å²) in [5.74, 6) is 1.41. The molecule has 3 rings (SSSR count). The predicted octanol–water partition coefficient (Wildman–Crippen LogP) is 3.36. The fraction of sp³-hybridized carbons (Fsp3) is 0.235. The number of aromatic amines is 1. The van der Waals surface area contributed by atoms with E-state index in [1.165, 1.54) is 0 Å². The number of methoxy groups -OCH3 is 1. The molecule has 2 aromatic carbocycles. The van der Waals surface area contributed by atoms with Gasteiger partial charge in [0.1, 0.15) is 12.4 Å². The first-order valence-electron chi connectivity index (χ1n) is 7.47. The topological polar surface area (TPSA) is 72.9 Å². The summed E-state index contributed by atoms with van der Waals surface area (Å²) in [5, 5.41) is 14.6. The van der Waals surface area contributed by atoms with Crippen LogP contribution in [0.15, 0.2) is 48.5 Å². The van der Waals surface area contributed by atoms with Crippen LogP contribution in [0.4, 0.5) is 0 Å². The number of benzene rings is 2. The van der Waals surface area contributed by atoms with Crippen molar-refractivity contribution in [3.8, 4) is 5.75 Å². The summed E-state index contributed by atoms with van der Waals surface area (Å²) in [4.78, 5) is 0. The number of tetrazole rings is 1. The molecule has 1 N–H and O–H groups in total. The van der Waals surface area contributed by atoms with Crippen LogP contribution in [0.3, 0.4) is 0 Å². The van der Waals surface area contributed by atoms with Gasteiger partial charge in [0.25, 0.3) is 0 Å². The predicted molar refractivity (Wildman–Crippen MR) is 89.9 cm³/mol. The molecule has 0 radical (unpaired) electrons. The Hall–Kier alpha value is -2.44. The van der Waals surface area contributed by atoms with Gasteiger partial charge in [0, 0.05) is 18.6 Å². The molecule has 1 heterocycles. The minimum Gasteiger partial charge on any atom is -0.489 e. The van der Waals surface area contributed by atoms with Crippen LogP contribution >= 0.6 is 11.6 Å². The number of nitrogens with one attached hydrogen (secondary N) is 1. The van der Waals surface area contributed by atoms with E-state index < -0.39 is 0 Å². The summed E-state index contributed by atoms with van der Waals surface area (Å²) in [6.07, 6.45) is 0.422. The summed E-state index contributed by atoms with van der Waals surface area (Å²) >= 11 is 5.87. The smallest absolute Gasteiger partial charge is 0.177 e. The molecule has 1 unspecified atom stereocenters. The molecule has 124 valence electrons. The SMILES string of the molecule is COC(Cc1nn[nH]n1)c1ccc(OCc2ccc(Cl)cc2)cc1. The molecule has 0 fully saturated rings. The molecule has 1 atom stereocenters. The zero-order valence-corrected chi connectivity index (χ0v) is 13.9. The summed E-state index contributed by atoms with van der Waals surface area (Å²) in [7, 11) is 1.66. The zero-order chi connectivity index (χ0) is 16.8. The molecule has 1 aromatic heterocycles. The van der Waals surface area contributed by atoms with E-state index in [0.29, 0.717) is 18.9 Å². The Morgan fingerprint density at radius 1 is 1.08 bits per heavy atom. The number of hydrogen-bond donors (Lipinski definition) is 1. The minimum absolute atomic E-state index is 0.132. The maximum Gasteiger partial charge on any atom is 0.177 e. The highest BCUT2D eigenvalue weighted by Gasteiger charge is 2.14. The van der Waals surface area contributed by atoms with Crippen LogP contribution in [0, 0.1) is 0 Å². The fourth-order valence-corrected chi connectivity index (χ4v) is 2.42. The summed E-state index contributed by atoms with van der Waals surface area (Å²) in [5.41, 5.74) is 2.09. The number of ether oxygens (including phenoxy) is 2. The zero-order valence-electron chi connectivity index (χ0n) is 13.1. The molecule has 24 heavy (non-hydrogen) atoms. The quantitative estimate of drug-likeness (QED) is 0.711. The highest BCUT2D eigenvalue weighted by atomic mass is 35.5. The molecular formula is C17H17ClN4O2. The number of H-pyrrole nitrogens is 1. The van der Waals surface area contributed by atoms with Gasteiger partial charge in [0.15, 0.2) is 5.82 Å². The van der Waals surface area contributed by atoms with E-state index in [1.807, 2.05) is 48.5 Å².